The average Bonchev–Trinajstić information content (AvgIpc) is 3.09. The number of rotatable bonds is 5. The monoisotopic (exact) mass is 361 g/mol. The van der Waals surface area contributed by atoms with Gasteiger partial charge >= 0.3 is 0 Å². The first-order valence-electron chi connectivity index (χ1n) is 9.27. The number of amides is 1. The molecular weight excluding hydrogens is 338 g/mol. The van der Waals surface area contributed by atoms with E-state index < -0.39 is 5.91 Å². The van der Waals surface area contributed by atoms with Gasteiger partial charge in [0.25, 0.3) is 0 Å². The Morgan fingerprint density at radius 1 is 1.19 bits per heavy atom. The van der Waals surface area contributed by atoms with E-state index in [0.29, 0.717) is 11.4 Å². The molecule has 1 aromatic heterocycles. The van der Waals surface area contributed by atoms with E-state index in [9.17, 15) is 4.79 Å². The summed E-state index contributed by atoms with van der Waals surface area (Å²) < 4.78 is 5.99. The highest BCUT2D eigenvalue weighted by Gasteiger charge is 2.19. The predicted octanol–water partition coefficient (Wildman–Crippen LogP) is 3.97. The molecule has 3 aromatic rings. The summed E-state index contributed by atoms with van der Waals surface area (Å²) in [7, 11) is 0. The van der Waals surface area contributed by atoms with Crippen LogP contribution in [-0.2, 0) is 6.54 Å². The molecule has 0 unspecified atom stereocenters. The molecule has 0 aliphatic carbocycles. The van der Waals surface area contributed by atoms with Crippen molar-refractivity contribution in [2.24, 2.45) is 11.7 Å². The molecule has 0 spiro atoms. The summed E-state index contributed by atoms with van der Waals surface area (Å²) in [6.07, 6.45) is 2.70. The molecule has 27 heavy (non-hydrogen) atoms. The number of nitrogens with zero attached hydrogens (tertiary/aromatic N) is 2. The lowest BCUT2D eigenvalue weighted by Gasteiger charge is -2.18. The summed E-state index contributed by atoms with van der Waals surface area (Å²) in [5, 5.41) is 2.26. The Kier molecular flexibility index (Phi) is 4.77. The number of carbonyl (C=O) groups excluding carboxylic acids is 1. The van der Waals surface area contributed by atoms with E-state index in [-0.39, 0.29) is 0 Å². The molecule has 5 heteroatoms. The number of aromatic nitrogens is 1. The van der Waals surface area contributed by atoms with Gasteiger partial charge in [-0.05, 0) is 42.0 Å². The quantitative estimate of drug-likeness (QED) is 0.747. The summed E-state index contributed by atoms with van der Waals surface area (Å²) in [6.45, 7) is 5.58. The standard InChI is InChI=1S/C22H23N3O2/c1-15-10-11-25(13-15)14-17-6-8-20(19-5-3-2-4-18(17)19)27-21-9-7-16(12-24-21)22(23)26/h2-9,12,15H,10-11,13-14H2,1H3,(H2,23,26)/t15-/m0/s1. The first-order chi connectivity index (χ1) is 13.1. The van der Waals surface area contributed by atoms with Gasteiger partial charge in [0.1, 0.15) is 5.75 Å². The number of nitrogens with two attached hydrogens (primary N) is 1. The van der Waals surface area contributed by atoms with Gasteiger partial charge in [0.2, 0.25) is 11.8 Å². The third kappa shape index (κ3) is 3.78. The fourth-order valence-corrected chi connectivity index (χ4v) is 3.67. The minimum atomic E-state index is -0.500. The Labute approximate surface area is 158 Å². The smallest absolute Gasteiger partial charge is 0.250 e. The molecule has 138 valence electrons. The maximum Gasteiger partial charge on any atom is 0.250 e. The lowest BCUT2D eigenvalue weighted by Crippen LogP contribution is -2.19. The highest BCUT2D eigenvalue weighted by molar-refractivity contribution is 5.92. The number of carbonyl (C=O) groups is 1. The lowest BCUT2D eigenvalue weighted by molar-refractivity contribution is 0.1000. The van der Waals surface area contributed by atoms with E-state index in [1.807, 2.05) is 12.1 Å². The van der Waals surface area contributed by atoms with Gasteiger partial charge in [-0.2, -0.15) is 0 Å². The van der Waals surface area contributed by atoms with Gasteiger partial charge < -0.3 is 10.5 Å². The molecule has 1 fully saturated rings. The molecule has 2 aromatic carbocycles. The van der Waals surface area contributed by atoms with E-state index in [4.69, 9.17) is 10.5 Å². The van der Waals surface area contributed by atoms with Gasteiger partial charge in [-0.3, -0.25) is 9.69 Å². The molecule has 5 nitrogen and oxygen atoms in total. The zero-order valence-electron chi connectivity index (χ0n) is 15.4. The van der Waals surface area contributed by atoms with Crippen molar-refractivity contribution >= 4 is 16.7 Å². The number of likely N-dealkylation sites (tertiary alicyclic amines) is 1. The molecule has 4 rings (SSSR count). The van der Waals surface area contributed by atoms with Crippen LogP contribution in [0.15, 0.2) is 54.7 Å². The molecule has 1 saturated heterocycles. The van der Waals surface area contributed by atoms with Crippen LogP contribution in [0, 0.1) is 5.92 Å². The molecule has 0 saturated carbocycles. The van der Waals surface area contributed by atoms with Crippen LogP contribution in [0.4, 0.5) is 0 Å². The largest absolute Gasteiger partial charge is 0.438 e. The molecule has 2 heterocycles. The fourth-order valence-electron chi connectivity index (χ4n) is 3.67. The van der Waals surface area contributed by atoms with E-state index >= 15 is 0 Å². The number of fused-ring (bicyclic) bond motifs is 1. The normalized spacial score (nSPS) is 17.3. The Morgan fingerprint density at radius 3 is 2.67 bits per heavy atom. The van der Waals surface area contributed by atoms with E-state index in [1.54, 1.807) is 12.1 Å². The molecule has 1 atom stereocenters. The third-order valence-electron chi connectivity index (χ3n) is 5.11. The van der Waals surface area contributed by atoms with Crippen molar-refractivity contribution < 1.29 is 9.53 Å². The average molecular weight is 361 g/mol. The van der Waals surface area contributed by atoms with Crippen LogP contribution in [-0.4, -0.2) is 28.9 Å². The number of hydrogen-bond acceptors (Lipinski definition) is 4. The molecule has 2 N–H and O–H groups in total. The lowest BCUT2D eigenvalue weighted by atomic mass is 10.0. The highest BCUT2D eigenvalue weighted by atomic mass is 16.5. The highest BCUT2D eigenvalue weighted by Crippen LogP contribution is 2.32. The van der Waals surface area contributed by atoms with Crippen molar-refractivity contribution in [3.8, 4) is 11.6 Å². The Balaban J connectivity index is 1.62. The SMILES string of the molecule is C[C@H]1CCN(Cc2ccc(Oc3ccc(C(N)=O)cn3)c3ccccc23)C1. The number of hydrogen-bond donors (Lipinski definition) is 1. The van der Waals surface area contributed by atoms with Crippen molar-refractivity contribution in [2.45, 2.75) is 19.9 Å². The van der Waals surface area contributed by atoms with Gasteiger partial charge in [0, 0.05) is 30.7 Å². The number of ether oxygens (including phenoxy) is 1. The minimum Gasteiger partial charge on any atom is -0.438 e. The Morgan fingerprint density at radius 2 is 2.00 bits per heavy atom. The van der Waals surface area contributed by atoms with Gasteiger partial charge in [0.05, 0.1) is 5.56 Å². The third-order valence-corrected chi connectivity index (χ3v) is 5.11. The van der Waals surface area contributed by atoms with Crippen LogP contribution in [0.5, 0.6) is 11.6 Å². The Bertz CT molecular complexity index is 969. The molecule has 1 aliphatic rings. The van der Waals surface area contributed by atoms with Gasteiger partial charge in [-0.1, -0.05) is 37.3 Å². The van der Waals surface area contributed by atoms with Crippen LogP contribution in [0.2, 0.25) is 0 Å². The van der Waals surface area contributed by atoms with Crippen LogP contribution in [0.25, 0.3) is 10.8 Å². The molecule has 1 amide bonds. The number of pyridine rings is 1. The predicted molar refractivity (Wildman–Crippen MR) is 106 cm³/mol. The van der Waals surface area contributed by atoms with Crippen molar-refractivity contribution in [1.29, 1.82) is 0 Å². The van der Waals surface area contributed by atoms with Crippen LogP contribution in [0.1, 0.15) is 29.3 Å². The van der Waals surface area contributed by atoms with Gasteiger partial charge in [-0.25, -0.2) is 4.98 Å². The number of primary amides is 1. The van der Waals surface area contributed by atoms with Crippen molar-refractivity contribution in [2.75, 3.05) is 13.1 Å². The van der Waals surface area contributed by atoms with Crippen LogP contribution < -0.4 is 10.5 Å². The van der Waals surface area contributed by atoms with Gasteiger partial charge in [-0.15, -0.1) is 0 Å². The first-order valence-corrected chi connectivity index (χ1v) is 9.27. The second kappa shape index (κ2) is 7.37. The summed E-state index contributed by atoms with van der Waals surface area (Å²) >= 11 is 0. The molecule has 1 aliphatic heterocycles. The van der Waals surface area contributed by atoms with E-state index in [1.165, 1.54) is 23.6 Å². The maximum atomic E-state index is 11.2. The first kappa shape index (κ1) is 17.5. The summed E-state index contributed by atoms with van der Waals surface area (Å²) in [4.78, 5) is 17.9. The molecule has 0 radical (unpaired) electrons. The van der Waals surface area contributed by atoms with Crippen molar-refractivity contribution in [3.63, 3.8) is 0 Å². The zero-order chi connectivity index (χ0) is 18.8. The number of benzene rings is 2. The van der Waals surface area contributed by atoms with E-state index in [0.717, 1.165) is 36.7 Å². The summed E-state index contributed by atoms with van der Waals surface area (Å²) in [5.41, 5.74) is 6.93. The van der Waals surface area contributed by atoms with E-state index in [2.05, 4.69) is 41.1 Å². The van der Waals surface area contributed by atoms with Crippen molar-refractivity contribution in [3.05, 3.63) is 65.9 Å². The maximum absolute atomic E-state index is 11.2. The summed E-state index contributed by atoms with van der Waals surface area (Å²) in [6, 6.07) is 15.7. The fraction of sp³-hybridized carbons (Fsp3) is 0.273. The zero-order valence-corrected chi connectivity index (χ0v) is 15.4. The minimum absolute atomic E-state index is 0.363. The van der Waals surface area contributed by atoms with Crippen molar-refractivity contribution in [1.82, 2.24) is 9.88 Å². The van der Waals surface area contributed by atoms with Crippen LogP contribution in [0.3, 0.4) is 0 Å². The topological polar surface area (TPSA) is 68.5 Å². The Hall–Kier alpha value is -2.92. The van der Waals surface area contributed by atoms with Gasteiger partial charge in [0.15, 0.2) is 0 Å². The molecule has 0 bridgehead atoms. The van der Waals surface area contributed by atoms with Crippen LogP contribution >= 0.6 is 0 Å². The second-order valence-corrected chi connectivity index (χ2v) is 7.25. The molecular formula is C22H23N3O2. The summed E-state index contributed by atoms with van der Waals surface area (Å²) in [5.74, 6) is 1.46. The second-order valence-electron chi connectivity index (χ2n) is 7.25.